The molecule has 29 heavy (non-hydrogen) atoms. The van der Waals surface area contributed by atoms with Crippen molar-refractivity contribution in [3.05, 3.63) is 35.6 Å². The van der Waals surface area contributed by atoms with E-state index in [0.29, 0.717) is 25.6 Å². The Bertz CT molecular complexity index is 819. The van der Waals surface area contributed by atoms with E-state index in [0.717, 1.165) is 30.6 Å². The zero-order valence-electron chi connectivity index (χ0n) is 16.7. The van der Waals surface area contributed by atoms with Crippen LogP contribution in [0, 0.1) is 11.7 Å². The van der Waals surface area contributed by atoms with Gasteiger partial charge in [0.25, 0.3) is 0 Å². The number of hydrogen-bond acceptors (Lipinski definition) is 4. The summed E-state index contributed by atoms with van der Waals surface area (Å²) in [5, 5.41) is 0. The minimum atomic E-state index is -1.48. The smallest absolute Gasteiger partial charge is 0.240 e. The molecule has 0 spiro atoms. The highest BCUT2D eigenvalue weighted by Gasteiger charge is 2.54. The predicted octanol–water partition coefficient (Wildman–Crippen LogP) is 2.26. The van der Waals surface area contributed by atoms with Crippen LogP contribution in [0.5, 0.6) is 0 Å². The summed E-state index contributed by atoms with van der Waals surface area (Å²) >= 11 is 0. The van der Waals surface area contributed by atoms with Gasteiger partial charge in [0.15, 0.2) is 0 Å². The van der Waals surface area contributed by atoms with Crippen molar-refractivity contribution < 1.29 is 23.5 Å². The quantitative estimate of drug-likeness (QED) is 0.656. The van der Waals surface area contributed by atoms with Crippen molar-refractivity contribution in [3.63, 3.8) is 0 Å². The van der Waals surface area contributed by atoms with Crippen LogP contribution in [0.1, 0.15) is 44.1 Å². The molecule has 1 saturated carbocycles. The maximum Gasteiger partial charge on any atom is 0.240 e. The van der Waals surface area contributed by atoms with Gasteiger partial charge in [0.2, 0.25) is 17.7 Å². The predicted molar refractivity (Wildman–Crippen MR) is 103 cm³/mol. The first-order valence-corrected chi connectivity index (χ1v) is 10.4. The van der Waals surface area contributed by atoms with Crippen LogP contribution in [0.15, 0.2) is 24.3 Å². The summed E-state index contributed by atoms with van der Waals surface area (Å²) in [7, 11) is 1.39. The lowest BCUT2D eigenvalue weighted by molar-refractivity contribution is -0.142. The molecule has 1 aliphatic carbocycles. The number of likely N-dealkylation sites (tertiary alicyclic amines) is 1. The number of nitrogens with zero attached hydrogens (tertiary/aromatic N) is 2. The Morgan fingerprint density at radius 2 is 2.00 bits per heavy atom. The zero-order valence-corrected chi connectivity index (χ0v) is 16.7. The maximum atomic E-state index is 14.7. The Labute approximate surface area is 170 Å². The number of likely N-dealkylation sites (N-methyl/N-ethyl adjacent to an activating group) is 1. The van der Waals surface area contributed by atoms with E-state index in [9.17, 15) is 18.8 Å². The number of imide groups is 1. The van der Waals surface area contributed by atoms with Gasteiger partial charge in [-0.3, -0.25) is 19.3 Å². The van der Waals surface area contributed by atoms with Crippen molar-refractivity contribution in [1.82, 2.24) is 9.80 Å². The normalized spacial score (nSPS) is 27.0. The van der Waals surface area contributed by atoms with Crippen molar-refractivity contribution in [1.29, 1.82) is 0 Å². The van der Waals surface area contributed by atoms with E-state index < -0.39 is 17.1 Å². The van der Waals surface area contributed by atoms with Gasteiger partial charge in [-0.25, -0.2) is 4.39 Å². The third-order valence-electron chi connectivity index (χ3n) is 6.36. The standard InChI is InChI=1S/C22H27FN2O4/c1-24-19(26)11-22(21(24)28,17-6-2-3-7-18(17)23)12-20(27)25(13-15-8-9-15)14-16-5-4-10-29-16/h2-3,6-7,15-16H,4-5,8-14H2,1H3. The van der Waals surface area contributed by atoms with E-state index in [2.05, 4.69) is 0 Å². The van der Waals surface area contributed by atoms with Crippen molar-refractivity contribution >= 4 is 17.7 Å². The second-order valence-corrected chi connectivity index (χ2v) is 8.55. The van der Waals surface area contributed by atoms with E-state index in [4.69, 9.17) is 4.74 Å². The van der Waals surface area contributed by atoms with Crippen LogP contribution >= 0.6 is 0 Å². The number of ether oxygens (including phenoxy) is 1. The molecule has 0 aromatic heterocycles. The first-order valence-electron chi connectivity index (χ1n) is 10.4. The molecule has 2 unspecified atom stereocenters. The molecule has 1 aromatic carbocycles. The summed E-state index contributed by atoms with van der Waals surface area (Å²) in [5.41, 5.74) is -1.35. The first kappa shape index (κ1) is 20.0. The summed E-state index contributed by atoms with van der Waals surface area (Å²) in [6.45, 7) is 1.82. The first-order chi connectivity index (χ1) is 13.9. The van der Waals surface area contributed by atoms with Gasteiger partial charge in [-0.15, -0.1) is 0 Å². The van der Waals surface area contributed by atoms with Crippen LogP contribution < -0.4 is 0 Å². The average Bonchev–Trinajstić information content (AvgIpc) is 3.32. The molecule has 3 aliphatic rings. The minimum Gasteiger partial charge on any atom is -0.376 e. The lowest BCUT2D eigenvalue weighted by Gasteiger charge is -2.31. The molecular formula is C22H27FN2O4. The SMILES string of the molecule is CN1C(=O)CC(CC(=O)N(CC2CC2)CC2CCCO2)(c2ccccc2F)C1=O. The van der Waals surface area contributed by atoms with Crippen LogP contribution in [0.4, 0.5) is 4.39 Å². The Balaban J connectivity index is 1.62. The topological polar surface area (TPSA) is 66.9 Å². The molecule has 6 nitrogen and oxygen atoms in total. The molecule has 4 rings (SSSR count). The minimum absolute atomic E-state index is 0.00527. The second-order valence-electron chi connectivity index (χ2n) is 8.55. The number of carbonyl (C=O) groups excluding carboxylic acids is 3. The molecule has 0 bridgehead atoms. The molecule has 3 amide bonds. The van der Waals surface area contributed by atoms with Gasteiger partial charge in [0.1, 0.15) is 5.82 Å². The average molecular weight is 402 g/mol. The largest absolute Gasteiger partial charge is 0.376 e. The molecular weight excluding hydrogens is 375 g/mol. The fourth-order valence-electron chi connectivity index (χ4n) is 4.47. The van der Waals surface area contributed by atoms with Crippen molar-refractivity contribution in [2.75, 3.05) is 26.7 Å². The van der Waals surface area contributed by atoms with Gasteiger partial charge in [0.05, 0.1) is 11.5 Å². The number of halogens is 1. The second kappa shape index (κ2) is 7.86. The highest BCUT2D eigenvalue weighted by Crippen LogP contribution is 2.41. The molecule has 2 aliphatic heterocycles. The molecule has 0 N–H and O–H groups in total. The molecule has 0 radical (unpaired) electrons. The number of hydrogen-bond donors (Lipinski definition) is 0. The zero-order chi connectivity index (χ0) is 20.6. The Kier molecular flexibility index (Phi) is 5.42. The fourth-order valence-corrected chi connectivity index (χ4v) is 4.47. The van der Waals surface area contributed by atoms with Crippen LogP contribution in [-0.4, -0.2) is 60.4 Å². The lowest BCUT2D eigenvalue weighted by atomic mass is 9.75. The van der Waals surface area contributed by atoms with Gasteiger partial charge < -0.3 is 9.64 Å². The van der Waals surface area contributed by atoms with Gasteiger partial charge in [-0.1, -0.05) is 18.2 Å². The molecule has 156 valence electrons. The third-order valence-corrected chi connectivity index (χ3v) is 6.36. The molecule has 2 atom stereocenters. The monoisotopic (exact) mass is 402 g/mol. The van der Waals surface area contributed by atoms with Crippen LogP contribution in [0.25, 0.3) is 0 Å². The van der Waals surface area contributed by atoms with Crippen LogP contribution in [0.3, 0.4) is 0 Å². The molecule has 1 aromatic rings. The third kappa shape index (κ3) is 3.92. The van der Waals surface area contributed by atoms with Crippen molar-refractivity contribution in [3.8, 4) is 0 Å². The summed E-state index contributed by atoms with van der Waals surface area (Å²) in [6, 6.07) is 5.95. The Morgan fingerprint density at radius 1 is 1.24 bits per heavy atom. The van der Waals surface area contributed by atoms with Crippen molar-refractivity contribution in [2.45, 2.75) is 50.0 Å². The lowest BCUT2D eigenvalue weighted by Crippen LogP contribution is -2.45. The fraction of sp³-hybridized carbons (Fsp3) is 0.591. The number of benzene rings is 1. The molecule has 2 heterocycles. The van der Waals surface area contributed by atoms with E-state index in [1.807, 2.05) is 0 Å². The Morgan fingerprint density at radius 3 is 2.59 bits per heavy atom. The van der Waals surface area contributed by atoms with Crippen LogP contribution in [-0.2, 0) is 24.5 Å². The van der Waals surface area contributed by atoms with E-state index >= 15 is 0 Å². The number of rotatable bonds is 7. The Hall–Kier alpha value is -2.28. The summed E-state index contributed by atoms with van der Waals surface area (Å²) < 4.78 is 20.4. The van der Waals surface area contributed by atoms with Gasteiger partial charge in [-0.05, 0) is 37.7 Å². The summed E-state index contributed by atoms with van der Waals surface area (Å²) in [6.07, 6.45) is 3.68. The van der Waals surface area contributed by atoms with Gasteiger partial charge >= 0.3 is 0 Å². The molecule has 7 heteroatoms. The van der Waals surface area contributed by atoms with Gasteiger partial charge in [-0.2, -0.15) is 0 Å². The molecule has 2 saturated heterocycles. The van der Waals surface area contributed by atoms with E-state index in [1.54, 1.807) is 11.0 Å². The summed E-state index contributed by atoms with van der Waals surface area (Å²) in [4.78, 5) is 41.6. The van der Waals surface area contributed by atoms with E-state index in [1.165, 1.54) is 25.2 Å². The highest BCUT2D eigenvalue weighted by molar-refractivity contribution is 6.10. The van der Waals surface area contributed by atoms with Crippen LogP contribution in [0.2, 0.25) is 0 Å². The summed E-state index contributed by atoms with van der Waals surface area (Å²) in [5.74, 6) is -1.20. The maximum absolute atomic E-state index is 14.7. The number of amides is 3. The van der Waals surface area contributed by atoms with Gasteiger partial charge in [0, 0.05) is 45.1 Å². The molecule has 3 fully saturated rings. The number of carbonyl (C=O) groups is 3. The van der Waals surface area contributed by atoms with Crippen molar-refractivity contribution in [2.24, 2.45) is 5.92 Å². The van der Waals surface area contributed by atoms with E-state index in [-0.39, 0.29) is 36.3 Å². The highest BCUT2D eigenvalue weighted by atomic mass is 19.1.